The van der Waals surface area contributed by atoms with Gasteiger partial charge in [0.15, 0.2) is 0 Å². The van der Waals surface area contributed by atoms with Crippen LogP contribution in [0.3, 0.4) is 0 Å². The van der Waals surface area contributed by atoms with Crippen molar-refractivity contribution in [2.24, 2.45) is 0 Å². The number of nitrogens with one attached hydrogen (secondary N) is 1. The number of benzene rings is 1. The fourth-order valence-electron chi connectivity index (χ4n) is 2.01. The van der Waals surface area contributed by atoms with Gasteiger partial charge in [-0.3, -0.25) is 0 Å². The Labute approximate surface area is 102 Å². The summed E-state index contributed by atoms with van der Waals surface area (Å²) in [5.74, 6) is 0. The SMILES string of the molecule is CCCNCC(CC)n1nnc2ccccc21. The fourth-order valence-corrected chi connectivity index (χ4v) is 2.01. The number of aromatic nitrogens is 3. The lowest BCUT2D eigenvalue weighted by molar-refractivity contribution is 0.414. The Kier molecular flexibility index (Phi) is 4.09. The zero-order valence-electron chi connectivity index (χ0n) is 10.6. The van der Waals surface area contributed by atoms with Gasteiger partial charge < -0.3 is 5.32 Å². The molecule has 1 N–H and O–H groups in total. The minimum Gasteiger partial charge on any atom is -0.315 e. The van der Waals surface area contributed by atoms with Crippen molar-refractivity contribution in [1.82, 2.24) is 20.3 Å². The van der Waals surface area contributed by atoms with Gasteiger partial charge in [-0.25, -0.2) is 4.68 Å². The van der Waals surface area contributed by atoms with Crippen LogP contribution in [0, 0.1) is 0 Å². The average molecular weight is 232 g/mol. The van der Waals surface area contributed by atoms with Crippen molar-refractivity contribution >= 4 is 11.0 Å². The van der Waals surface area contributed by atoms with E-state index in [1.54, 1.807) is 0 Å². The minimum absolute atomic E-state index is 0.383. The van der Waals surface area contributed by atoms with E-state index in [2.05, 4.69) is 35.5 Å². The minimum atomic E-state index is 0.383. The standard InChI is InChI=1S/C13H20N4/c1-3-9-14-10-11(4-2)17-13-8-6-5-7-12(13)15-16-17/h5-8,11,14H,3-4,9-10H2,1-2H3. The first-order valence-electron chi connectivity index (χ1n) is 6.37. The number of rotatable bonds is 6. The number of para-hydroxylation sites is 1. The summed E-state index contributed by atoms with van der Waals surface area (Å²) < 4.78 is 2.04. The van der Waals surface area contributed by atoms with Crippen molar-refractivity contribution in [3.8, 4) is 0 Å². The highest BCUT2D eigenvalue weighted by Gasteiger charge is 2.12. The van der Waals surface area contributed by atoms with Crippen LogP contribution < -0.4 is 5.32 Å². The Bertz CT molecular complexity index is 463. The summed E-state index contributed by atoms with van der Waals surface area (Å²) in [6.07, 6.45) is 2.22. The molecular weight excluding hydrogens is 212 g/mol. The quantitative estimate of drug-likeness (QED) is 0.778. The second-order valence-corrected chi connectivity index (χ2v) is 4.29. The molecule has 1 heterocycles. The topological polar surface area (TPSA) is 42.7 Å². The van der Waals surface area contributed by atoms with Gasteiger partial charge >= 0.3 is 0 Å². The lowest BCUT2D eigenvalue weighted by Crippen LogP contribution is -2.26. The third kappa shape index (κ3) is 2.64. The molecule has 92 valence electrons. The van der Waals surface area contributed by atoms with Crippen LogP contribution in [0.1, 0.15) is 32.7 Å². The van der Waals surface area contributed by atoms with Gasteiger partial charge in [0.2, 0.25) is 0 Å². The number of fused-ring (bicyclic) bond motifs is 1. The number of nitrogens with zero attached hydrogens (tertiary/aromatic N) is 3. The van der Waals surface area contributed by atoms with Gasteiger partial charge in [-0.15, -0.1) is 5.10 Å². The first kappa shape index (κ1) is 12.0. The smallest absolute Gasteiger partial charge is 0.113 e. The summed E-state index contributed by atoms with van der Waals surface area (Å²) in [5, 5.41) is 11.9. The van der Waals surface area contributed by atoms with Crippen LogP contribution >= 0.6 is 0 Å². The second-order valence-electron chi connectivity index (χ2n) is 4.29. The molecule has 0 spiro atoms. The zero-order chi connectivity index (χ0) is 12.1. The van der Waals surface area contributed by atoms with Gasteiger partial charge in [-0.1, -0.05) is 31.2 Å². The normalized spacial score (nSPS) is 13.1. The molecule has 0 saturated carbocycles. The van der Waals surface area contributed by atoms with Crippen molar-refractivity contribution in [2.45, 2.75) is 32.7 Å². The van der Waals surface area contributed by atoms with Crippen molar-refractivity contribution in [3.63, 3.8) is 0 Å². The van der Waals surface area contributed by atoms with Gasteiger partial charge in [0.1, 0.15) is 5.52 Å². The Balaban J connectivity index is 2.18. The van der Waals surface area contributed by atoms with Gasteiger partial charge in [0.25, 0.3) is 0 Å². The highest BCUT2D eigenvalue weighted by atomic mass is 15.4. The summed E-state index contributed by atoms with van der Waals surface area (Å²) in [6.45, 7) is 6.38. The molecule has 1 aromatic heterocycles. The van der Waals surface area contributed by atoms with Crippen LogP contribution in [-0.2, 0) is 0 Å². The predicted molar refractivity (Wildman–Crippen MR) is 70.0 cm³/mol. The lowest BCUT2D eigenvalue weighted by atomic mass is 10.2. The summed E-state index contributed by atoms with van der Waals surface area (Å²) in [4.78, 5) is 0. The third-order valence-electron chi connectivity index (χ3n) is 3.00. The zero-order valence-corrected chi connectivity index (χ0v) is 10.6. The number of hydrogen-bond acceptors (Lipinski definition) is 3. The summed E-state index contributed by atoms with van der Waals surface area (Å²) >= 11 is 0. The maximum Gasteiger partial charge on any atom is 0.113 e. The largest absolute Gasteiger partial charge is 0.315 e. The van der Waals surface area contributed by atoms with E-state index < -0.39 is 0 Å². The van der Waals surface area contributed by atoms with Crippen LogP contribution in [0.15, 0.2) is 24.3 Å². The highest BCUT2D eigenvalue weighted by Crippen LogP contribution is 2.17. The Morgan fingerprint density at radius 3 is 2.88 bits per heavy atom. The van der Waals surface area contributed by atoms with Crippen LogP contribution in [-0.4, -0.2) is 28.1 Å². The first-order chi connectivity index (χ1) is 8.36. The molecule has 4 heteroatoms. The Morgan fingerprint density at radius 2 is 2.12 bits per heavy atom. The van der Waals surface area contributed by atoms with Crippen LogP contribution in [0.5, 0.6) is 0 Å². The summed E-state index contributed by atoms with van der Waals surface area (Å²) in [7, 11) is 0. The van der Waals surface area contributed by atoms with Gasteiger partial charge in [-0.05, 0) is 31.5 Å². The molecule has 0 bridgehead atoms. The lowest BCUT2D eigenvalue weighted by Gasteiger charge is -2.16. The molecule has 0 aliphatic heterocycles. The summed E-state index contributed by atoms with van der Waals surface area (Å²) in [6, 6.07) is 8.50. The molecule has 0 amide bonds. The van der Waals surface area contributed by atoms with E-state index in [0.717, 1.165) is 37.0 Å². The van der Waals surface area contributed by atoms with E-state index in [1.165, 1.54) is 0 Å². The monoisotopic (exact) mass is 232 g/mol. The molecule has 0 saturated heterocycles. The Morgan fingerprint density at radius 1 is 1.29 bits per heavy atom. The van der Waals surface area contributed by atoms with E-state index >= 15 is 0 Å². The predicted octanol–water partition coefficient (Wildman–Crippen LogP) is 2.38. The molecule has 0 aliphatic carbocycles. The van der Waals surface area contributed by atoms with Crippen molar-refractivity contribution < 1.29 is 0 Å². The molecule has 17 heavy (non-hydrogen) atoms. The van der Waals surface area contributed by atoms with Crippen LogP contribution in [0.25, 0.3) is 11.0 Å². The fraction of sp³-hybridized carbons (Fsp3) is 0.538. The molecule has 1 atom stereocenters. The molecule has 0 fully saturated rings. The van der Waals surface area contributed by atoms with E-state index in [-0.39, 0.29) is 0 Å². The van der Waals surface area contributed by atoms with Crippen LogP contribution in [0.2, 0.25) is 0 Å². The number of hydrogen-bond donors (Lipinski definition) is 1. The van der Waals surface area contributed by atoms with E-state index in [0.29, 0.717) is 6.04 Å². The molecule has 1 aromatic carbocycles. The molecule has 0 aliphatic rings. The van der Waals surface area contributed by atoms with E-state index in [1.807, 2.05) is 22.9 Å². The molecular formula is C13H20N4. The maximum absolute atomic E-state index is 4.27. The molecule has 4 nitrogen and oxygen atoms in total. The Hall–Kier alpha value is -1.42. The molecule has 2 aromatic rings. The van der Waals surface area contributed by atoms with Crippen LogP contribution in [0.4, 0.5) is 0 Å². The summed E-state index contributed by atoms with van der Waals surface area (Å²) in [5.41, 5.74) is 2.10. The maximum atomic E-state index is 4.27. The van der Waals surface area contributed by atoms with Crippen molar-refractivity contribution in [3.05, 3.63) is 24.3 Å². The molecule has 1 unspecified atom stereocenters. The van der Waals surface area contributed by atoms with Gasteiger partial charge in [0, 0.05) is 6.54 Å². The van der Waals surface area contributed by atoms with Crippen molar-refractivity contribution in [2.75, 3.05) is 13.1 Å². The third-order valence-corrected chi connectivity index (χ3v) is 3.00. The average Bonchev–Trinajstić information content (AvgIpc) is 2.79. The molecule has 2 rings (SSSR count). The van der Waals surface area contributed by atoms with Crippen molar-refractivity contribution in [1.29, 1.82) is 0 Å². The van der Waals surface area contributed by atoms with Gasteiger partial charge in [0.05, 0.1) is 11.6 Å². The molecule has 0 radical (unpaired) electrons. The van der Waals surface area contributed by atoms with E-state index in [9.17, 15) is 0 Å². The van der Waals surface area contributed by atoms with Gasteiger partial charge in [-0.2, -0.15) is 0 Å². The van der Waals surface area contributed by atoms with E-state index in [4.69, 9.17) is 0 Å². The second kappa shape index (κ2) is 5.77. The highest BCUT2D eigenvalue weighted by molar-refractivity contribution is 5.73. The first-order valence-corrected chi connectivity index (χ1v) is 6.37.